The molecule has 2 N–H and O–H groups in total. The van der Waals surface area contributed by atoms with Crippen LogP contribution in [0.1, 0.15) is 12.8 Å². The molecule has 106 valence electrons. The molecule has 0 aliphatic heterocycles. The first kappa shape index (κ1) is 15.2. The fourth-order valence-electron chi connectivity index (χ4n) is 1.25. The van der Waals surface area contributed by atoms with E-state index in [0.717, 1.165) is 12.8 Å². The van der Waals surface area contributed by atoms with E-state index in [-0.39, 0.29) is 12.5 Å². The maximum atomic E-state index is 11.9. The van der Waals surface area contributed by atoms with Crippen molar-refractivity contribution < 1.29 is 31.5 Å². The average Bonchev–Trinajstić information content (AvgIpc) is 2.96. The smallest absolute Gasteiger partial charge is 0.402 e. The number of hydrogen-bond donors (Lipinski definition) is 2. The molecule has 6 nitrogen and oxygen atoms in total. The minimum absolute atomic E-state index is 0.0341. The number of nitrogens with zero attached hydrogens (tertiary/aromatic N) is 1. The lowest BCUT2D eigenvalue weighted by Crippen LogP contribution is -2.46. The van der Waals surface area contributed by atoms with Crippen LogP contribution in [0, 0.1) is 5.92 Å². The van der Waals surface area contributed by atoms with Crippen LogP contribution < -0.4 is 4.72 Å². The van der Waals surface area contributed by atoms with Gasteiger partial charge in [-0.05, 0) is 18.8 Å². The zero-order valence-electron chi connectivity index (χ0n) is 9.27. The summed E-state index contributed by atoms with van der Waals surface area (Å²) in [5, 5.41) is 8.55. The molecule has 0 spiro atoms. The molecule has 0 aromatic heterocycles. The number of nitrogens with one attached hydrogen (secondary N) is 1. The van der Waals surface area contributed by atoms with Crippen LogP contribution in [0.4, 0.5) is 13.2 Å². The van der Waals surface area contributed by atoms with E-state index in [1.54, 1.807) is 0 Å². The van der Waals surface area contributed by atoms with Crippen molar-refractivity contribution in [2.24, 2.45) is 5.92 Å². The van der Waals surface area contributed by atoms with Gasteiger partial charge < -0.3 is 5.11 Å². The number of rotatable bonds is 7. The quantitative estimate of drug-likeness (QED) is 0.700. The summed E-state index contributed by atoms with van der Waals surface area (Å²) in [6, 6.07) is 0. The second kappa shape index (κ2) is 5.41. The first-order valence-electron chi connectivity index (χ1n) is 5.13. The van der Waals surface area contributed by atoms with Crippen LogP contribution in [0.25, 0.3) is 0 Å². The summed E-state index contributed by atoms with van der Waals surface area (Å²) in [5.41, 5.74) is 0. The third kappa shape index (κ3) is 5.65. The maximum absolute atomic E-state index is 11.9. The molecular formula is C8H13F3N2O4S. The Morgan fingerprint density at radius 3 is 2.33 bits per heavy atom. The Labute approximate surface area is 102 Å². The van der Waals surface area contributed by atoms with Crippen molar-refractivity contribution in [3.8, 4) is 0 Å². The highest BCUT2D eigenvalue weighted by atomic mass is 32.2. The van der Waals surface area contributed by atoms with E-state index in [4.69, 9.17) is 5.11 Å². The number of halogens is 3. The molecule has 0 heterocycles. The molecule has 0 aromatic carbocycles. The second-order valence-electron chi connectivity index (χ2n) is 4.07. The largest absolute Gasteiger partial charge is 0.480 e. The minimum Gasteiger partial charge on any atom is -0.480 e. The third-order valence-electron chi connectivity index (χ3n) is 2.27. The highest BCUT2D eigenvalue weighted by molar-refractivity contribution is 7.87. The van der Waals surface area contributed by atoms with Gasteiger partial charge in [0, 0.05) is 6.54 Å². The number of alkyl halides is 3. The number of hydrogen-bond acceptors (Lipinski definition) is 3. The Hall–Kier alpha value is -0.870. The lowest BCUT2D eigenvalue weighted by atomic mass is 10.4. The summed E-state index contributed by atoms with van der Waals surface area (Å²) in [6.07, 6.45) is -3.17. The molecular weight excluding hydrogens is 277 g/mol. The molecule has 0 amide bonds. The van der Waals surface area contributed by atoms with Crippen LogP contribution in [0.2, 0.25) is 0 Å². The van der Waals surface area contributed by atoms with Crippen LogP contribution in [0.15, 0.2) is 0 Å². The average molecular weight is 290 g/mol. The van der Waals surface area contributed by atoms with Crippen LogP contribution >= 0.6 is 0 Å². The SMILES string of the molecule is O=C(O)CN(CC1CC1)S(=O)(=O)NCC(F)(F)F. The van der Waals surface area contributed by atoms with Crippen LogP contribution in [0.3, 0.4) is 0 Å². The van der Waals surface area contributed by atoms with Crippen LogP contribution in [-0.4, -0.2) is 49.6 Å². The first-order chi connectivity index (χ1) is 8.10. The lowest BCUT2D eigenvalue weighted by molar-refractivity contribution is -0.137. The molecule has 1 aliphatic rings. The van der Waals surface area contributed by atoms with E-state index >= 15 is 0 Å². The van der Waals surface area contributed by atoms with Gasteiger partial charge in [0.15, 0.2) is 0 Å². The number of carbonyl (C=O) groups is 1. The van der Waals surface area contributed by atoms with E-state index in [2.05, 4.69) is 0 Å². The van der Waals surface area contributed by atoms with Crippen molar-refractivity contribution in [1.29, 1.82) is 0 Å². The van der Waals surface area contributed by atoms with Gasteiger partial charge in [0.1, 0.15) is 13.1 Å². The maximum Gasteiger partial charge on any atom is 0.402 e. The summed E-state index contributed by atoms with van der Waals surface area (Å²) in [4.78, 5) is 10.5. The summed E-state index contributed by atoms with van der Waals surface area (Å²) in [7, 11) is -4.42. The molecule has 1 rings (SSSR count). The van der Waals surface area contributed by atoms with Gasteiger partial charge in [0.05, 0.1) is 0 Å². The molecule has 18 heavy (non-hydrogen) atoms. The van der Waals surface area contributed by atoms with Gasteiger partial charge in [0.25, 0.3) is 10.2 Å². The van der Waals surface area contributed by atoms with Crippen molar-refractivity contribution in [2.45, 2.75) is 19.0 Å². The number of aliphatic carboxylic acids is 1. The first-order valence-corrected chi connectivity index (χ1v) is 6.57. The monoisotopic (exact) mass is 290 g/mol. The summed E-state index contributed by atoms with van der Waals surface area (Å²) in [6.45, 7) is -2.63. The van der Waals surface area contributed by atoms with E-state index < -0.39 is 35.4 Å². The molecule has 0 radical (unpaired) electrons. The van der Waals surface area contributed by atoms with Crippen LogP contribution in [0.5, 0.6) is 0 Å². The van der Waals surface area contributed by atoms with Gasteiger partial charge >= 0.3 is 12.1 Å². The minimum atomic E-state index is -4.68. The summed E-state index contributed by atoms with van der Waals surface area (Å²) in [5.74, 6) is -1.38. The highest BCUT2D eigenvalue weighted by Gasteiger charge is 2.35. The van der Waals surface area contributed by atoms with Gasteiger partial charge in [-0.3, -0.25) is 4.79 Å². The van der Waals surface area contributed by atoms with Gasteiger partial charge in [-0.25, -0.2) is 0 Å². The summed E-state index contributed by atoms with van der Waals surface area (Å²) < 4.78 is 60.7. The zero-order valence-corrected chi connectivity index (χ0v) is 10.1. The van der Waals surface area contributed by atoms with Gasteiger partial charge in [-0.15, -0.1) is 0 Å². The Bertz CT molecular complexity index is 405. The topological polar surface area (TPSA) is 86.7 Å². The molecule has 0 bridgehead atoms. The zero-order chi connectivity index (χ0) is 14.0. The Morgan fingerprint density at radius 1 is 1.39 bits per heavy atom. The standard InChI is InChI=1S/C8H13F3N2O4S/c9-8(10,11)5-12-18(16,17)13(4-7(14)15)3-6-1-2-6/h6,12H,1-5H2,(H,14,15). The van der Waals surface area contributed by atoms with E-state index in [1.807, 2.05) is 0 Å². The normalized spacial score (nSPS) is 17.1. The van der Waals surface area contributed by atoms with Crippen molar-refractivity contribution in [3.63, 3.8) is 0 Å². The fourth-order valence-corrected chi connectivity index (χ4v) is 2.47. The molecule has 1 saturated carbocycles. The Morgan fingerprint density at radius 2 is 1.94 bits per heavy atom. The molecule has 1 fully saturated rings. The molecule has 0 aromatic rings. The van der Waals surface area contributed by atoms with Crippen molar-refractivity contribution >= 4 is 16.2 Å². The molecule has 1 aliphatic carbocycles. The van der Waals surface area contributed by atoms with Crippen molar-refractivity contribution in [2.75, 3.05) is 19.6 Å². The van der Waals surface area contributed by atoms with E-state index in [1.165, 1.54) is 4.72 Å². The predicted molar refractivity (Wildman–Crippen MR) is 54.9 cm³/mol. The lowest BCUT2D eigenvalue weighted by Gasteiger charge is -2.20. The van der Waals surface area contributed by atoms with Gasteiger partial charge in [-0.2, -0.15) is 30.6 Å². The third-order valence-corrected chi connectivity index (χ3v) is 3.73. The molecule has 0 unspecified atom stereocenters. The van der Waals surface area contributed by atoms with Gasteiger partial charge in [0.2, 0.25) is 0 Å². The van der Waals surface area contributed by atoms with Crippen molar-refractivity contribution in [1.82, 2.24) is 9.03 Å². The molecule has 10 heteroatoms. The van der Waals surface area contributed by atoms with E-state index in [0.29, 0.717) is 4.31 Å². The van der Waals surface area contributed by atoms with E-state index in [9.17, 15) is 26.4 Å². The number of carboxylic acid groups (broad SMARTS) is 1. The Kier molecular flexibility index (Phi) is 4.56. The second-order valence-corrected chi connectivity index (χ2v) is 5.83. The number of carboxylic acids is 1. The molecule has 0 saturated heterocycles. The van der Waals surface area contributed by atoms with Gasteiger partial charge in [-0.1, -0.05) is 0 Å². The predicted octanol–water partition coefficient (Wildman–Crippen LogP) is 0.180. The molecule has 0 atom stereocenters. The summed E-state index contributed by atoms with van der Waals surface area (Å²) >= 11 is 0. The highest BCUT2D eigenvalue weighted by Crippen LogP contribution is 2.30. The van der Waals surface area contributed by atoms with Crippen molar-refractivity contribution in [3.05, 3.63) is 0 Å². The Balaban J connectivity index is 2.65. The fraction of sp³-hybridized carbons (Fsp3) is 0.875. The van der Waals surface area contributed by atoms with Crippen LogP contribution in [-0.2, 0) is 15.0 Å².